The first-order valence-corrected chi connectivity index (χ1v) is 12.8. The van der Waals surface area contributed by atoms with Gasteiger partial charge >= 0.3 is 0 Å². The van der Waals surface area contributed by atoms with Crippen LogP contribution in [-0.4, -0.2) is 26.5 Å². The van der Waals surface area contributed by atoms with Crippen molar-refractivity contribution < 1.29 is 14.7 Å². The van der Waals surface area contributed by atoms with E-state index in [1.54, 1.807) is 12.1 Å². The maximum atomic E-state index is 13.4. The van der Waals surface area contributed by atoms with E-state index in [4.69, 9.17) is 5.73 Å². The summed E-state index contributed by atoms with van der Waals surface area (Å²) in [5.74, 6) is -0.195. The fraction of sp³-hybridized carbons (Fsp3) is 0.300. The highest BCUT2D eigenvalue weighted by atomic mass is 16.3. The van der Waals surface area contributed by atoms with Crippen molar-refractivity contribution in [2.75, 3.05) is 0 Å². The Labute approximate surface area is 216 Å². The van der Waals surface area contributed by atoms with Gasteiger partial charge in [0.05, 0.1) is 11.0 Å². The topological polar surface area (TPSA) is 110 Å². The average Bonchev–Trinajstić information content (AvgIpc) is 3.29. The van der Waals surface area contributed by atoms with Gasteiger partial charge in [0, 0.05) is 12.5 Å². The summed E-state index contributed by atoms with van der Waals surface area (Å²) in [5, 5.41) is 12.7. The van der Waals surface area contributed by atoms with Crippen LogP contribution in [0.2, 0.25) is 0 Å². The number of nitrogens with one attached hydrogen (secondary N) is 1. The summed E-state index contributed by atoms with van der Waals surface area (Å²) in [6.07, 6.45) is 3.75. The molecule has 7 heteroatoms. The van der Waals surface area contributed by atoms with Crippen molar-refractivity contribution in [3.05, 3.63) is 101 Å². The van der Waals surface area contributed by atoms with Gasteiger partial charge in [-0.3, -0.25) is 9.59 Å². The summed E-state index contributed by atoms with van der Waals surface area (Å²) >= 11 is 0. The van der Waals surface area contributed by atoms with Crippen molar-refractivity contribution in [2.24, 2.45) is 11.7 Å². The van der Waals surface area contributed by atoms with Crippen LogP contribution in [0.1, 0.15) is 60.2 Å². The highest BCUT2D eigenvalue weighted by Gasteiger charge is 2.34. The second-order valence-corrected chi connectivity index (χ2v) is 9.75. The van der Waals surface area contributed by atoms with Gasteiger partial charge in [-0.2, -0.15) is 0 Å². The fourth-order valence-corrected chi connectivity index (χ4v) is 5.53. The molecule has 37 heavy (non-hydrogen) atoms. The van der Waals surface area contributed by atoms with Gasteiger partial charge in [-0.15, -0.1) is 0 Å². The van der Waals surface area contributed by atoms with E-state index in [-0.39, 0.29) is 24.3 Å². The Morgan fingerprint density at radius 2 is 1.68 bits per heavy atom. The molecule has 3 aromatic carbocycles. The van der Waals surface area contributed by atoms with Crippen LogP contribution in [0, 0.1) is 5.92 Å². The molecular formula is C30H32N4O3. The number of rotatable bonds is 8. The smallest absolute Gasteiger partial charge is 0.244 e. The summed E-state index contributed by atoms with van der Waals surface area (Å²) in [7, 11) is 0. The number of nitrogens with two attached hydrogens (primary N) is 1. The second kappa shape index (κ2) is 11.0. The number of para-hydroxylation sites is 2. The van der Waals surface area contributed by atoms with E-state index >= 15 is 0 Å². The molecule has 0 radical (unpaired) electrons. The Morgan fingerprint density at radius 3 is 2.41 bits per heavy atom. The minimum absolute atomic E-state index is 0.0779. The molecule has 190 valence electrons. The zero-order chi connectivity index (χ0) is 25.8. The molecular weight excluding hydrogens is 464 g/mol. The highest BCUT2D eigenvalue weighted by Crippen LogP contribution is 2.38. The van der Waals surface area contributed by atoms with Gasteiger partial charge in [-0.1, -0.05) is 79.6 Å². The molecule has 1 unspecified atom stereocenters. The molecule has 1 saturated carbocycles. The number of nitrogens with zero attached hydrogens (tertiary/aromatic N) is 2. The SMILES string of the molecule is NC(=O)[C@@H](NC(=O)[C@@H]1CCCCC1c1ccc(Cn2c(CO)nc3ccccc32)cc1)c1ccccc1. The van der Waals surface area contributed by atoms with Crippen LogP contribution in [-0.2, 0) is 22.7 Å². The molecule has 1 fully saturated rings. The minimum atomic E-state index is -0.843. The van der Waals surface area contributed by atoms with Crippen molar-refractivity contribution in [3.8, 4) is 0 Å². The lowest BCUT2D eigenvalue weighted by atomic mass is 9.74. The number of primary amides is 1. The van der Waals surface area contributed by atoms with Gasteiger partial charge in [0.25, 0.3) is 0 Å². The van der Waals surface area contributed by atoms with Crippen LogP contribution in [0.5, 0.6) is 0 Å². The molecule has 0 saturated heterocycles. The molecule has 4 N–H and O–H groups in total. The van der Waals surface area contributed by atoms with Crippen LogP contribution >= 0.6 is 0 Å². The summed E-state index contributed by atoms with van der Waals surface area (Å²) in [4.78, 5) is 30.1. The van der Waals surface area contributed by atoms with Gasteiger partial charge in [0.1, 0.15) is 18.5 Å². The average molecular weight is 497 g/mol. The Hall–Kier alpha value is -3.97. The highest BCUT2D eigenvalue weighted by molar-refractivity contribution is 5.89. The molecule has 1 heterocycles. The second-order valence-electron chi connectivity index (χ2n) is 9.75. The van der Waals surface area contributed by atoms with Crippen LogP contribution in [0.3, 0.4) is 0 Å². The number of aliphatic hydroxyl groups excluding tert-OH is 1. The Balaban J connectivity index is 1.34. The normalized spacial score (nSPS) is 18.4. The number of benzene rings is 3. The van der Waals surface area contributed by atoms with Crippen LogP contribution in [0.25, 0.3) is 11.0 Å². The molecule has 1 aliphatic carbocycles. The molecule has 2 amide bonds. The molecule has 0 spiro atoms. The van der Waals surface area contributed by atoms with Crippen LogP contribution in [0.4, 0.5) is 0 Å². The summed E-state index contributed by atoms with van der Waals surface area (Å²) < 4.78 is 2.04. The molecule has 7 nitrogen and oxygen atoms in total. The Bertz CT molecular complexity index is 1380. The third-order valence-electron chi connectivity index (χ3n) is 7.43. The predicted octanol–water partition coefficient (Wildman–Crippen LogP) is 4.19. The first-order chi connectivity index (χ1) is 18.0. The summed E-state index contributed by atoms with van der Waals surface area (Å²) in [6, 6.07) is 24.5. The Kier molecular flexibility index (Phi) is 7.32. The number of carbonyl (C=O) groups is 2. The van der Waals surface area contributed by atoms with Crippen molar-refractivity contribution in [1.82, 2.24) is 14.9 Å². The van der Waals surface area contributed by atoms with E-state index in [1.165, 1.54) is 0 Å². The maximum Gasteiger partial charge on any atom is 0.244 e. The molecule has 0 aliphatic heterocycles. The zero-order valence-electron chi connectivity index (χ0n) is 20.7. The minimum Gasteiger partial charge on any atom is -0.388 e. The van der Waals surface area contributed by atoms with E-state index in [9.17, 15) is 14.7 Å². The quantitative estimate of drug-likeness (QED) is 0.340. The monoisotopic (exact) mass is 496 g/mol. The number of aliphatic hydroxyl groups is 1. The number of fused-ring (bicyclic) bond motifs is 1. The molecule has 0 bridgehead atoms. The van der Waals surface area contributed by atoms with E-state index in [1.807, 2.05) is 47.0 Å². The predicted molar refractivity (Wildman–Crippen MR) is 142 cm³/mol. The molecule has 5 rings (SSSR count). The van der Waals surface area contributed by atoms with E-state index in [2.05, 4.69) is 34.6 Å². The van der Waals surface area contributed by atoms with Crippen molar-refractivity contribution in [2.45, 2.75) is 50.8 Å². The van der Waals surface area contributed by atoms with Crippen molar-refractivity contribution in [3.63, 3.8) is 0 Å². The number of hydrogen-bond donors (Lipinski definition) is 3. The van der Waals surface area contributed by atoms with Crippen molar-refractivity contribution in [1.29, 1.82) is 0 Å². The maximum absolute atomic E-state index is 13.4. The molecule has 1 aliphatic rings. The Morgan fingerprint density at radius 1 is 0.973 bits per heavy atom. The van der Waals surface area contributed by atoms with E-state index in [0.717, 1.165) is 47.8 Å². The van der Waals surface area contributed by atoms with E-state index in [0.29, 0.717) is 17.9 Å². The number of amides is 2. The van der Waals surface area contributed by atoms with Gasteiger partial charge < -0.3 is 20.7 Å². The van der Waals surface area contributed by atoms with E-state index < -0.39 is 11.9 Å². The van der Waals surface area contributed by atoms with Crippen LogP contribution < -0.4 is 11.1 Å². The molecule has 4 aromatic rings. The lowest BCUT2D eigenvalue weighted by Crippen LogP contribution is -2.42. The van der Waals surface area contributed by atoms with Crippen molar-refractivity contribution >= 4 is 22.8 Å². The number of aromatic nitrogens is 2. The van der Waals surface area contributed by atoms with Gasteiger partial charge in [-0.05, 0) is 47.6 Å². The number of hydrogen-bond acceptors (Lipinski definition) is 4. The number of carbonyl (C=O) groups excluding carboxylic acids is 2. The largest absolute Gasteiger partial charge is 0.388 e. The third-order valence-corrected chi connectivity index (χ3v) is 7.43. The van der Waals surface area contributed by atoms with Gasteiger partial charge in [0.15, 0.2) is 0 Å². The van der Waals surface area contributed by atoms with Gasteiger partial charge in [-0.25, -0.2) is 4.98 Å². The lowest BCUT2D eigenvalue weighted by molar-refractivity contribution is -0.131. The van der Waals surface area contributed by atoms with Gasteiger partial charge in [0.2, 0.25) is 11.8 Å². The molecule has 1 aromatic heterocycles. The lowest BCUT2D eigenvalue weighted by Gasteiger charge is -2.32. The fourth-order valence-electron chi connectivity index (χ4n) is 5.53. The number of imidazole rings is 1. The summed E-state index contributed by atoms with van der Waals surface area (Å²) in [5.41, 5.74) is 10.4. The first kappa shape index (κ1) is 24.7. The zero-order valence-corrected chi connectivity index (χ0v) is 20.7. The van der Waals surface area contributed by atoms with Crippen LogP contribution in [0.15, 0.2) is 78.9 Å². The third kappa shape index (κ3) is 5.27. The first-order valence-electron chi connectivity index (χ1n) is 12.8. The molecule has 3 atom stereocenters. The standard InChI is InChI=1S/C30H32N4O3/c31-29(36)28(22-8-2-1-3-9-22)33-30(37)24-11-5-4-10-23(24)21-16-14-20(15-17-21)18-34-26-13-7-6-12-25(26)32-27(34)19-35/h1-3,6-9,12-17,23-24,28,35H,4-5,10-11,18-19H2,(H2,31,36)(H,33,37)/t23?,24-,28+/m1/s1. The summed E-state index contributed by atoms with van der Waals surface area (Å²) in [6.45, 7) is 0.476.